The average molecular weight is 348 g/mol. The van der Waals surface area contributed by atoms with Crippen LogP contribution in [-0.4, -0.2) is 31.7 Å². The Balaban J connectivity index is 2.11. The number of aryl methyl sites for hydroxylation is 1. The van der Waals surface area contributed by atoms with Crippen LogP contribution >= 0.6 is 11.3 Å². The summed E-state index contributed by atoms with van der Waals surface area (Å²) >= 11 is 1.70. The van der Waals surface area contributed by atoms with Crippen molar-refractivity contribution in [3.05, 3.63) is 34.3 Å². The third-order valence-electron chi connectivity index (χ3n) is 3.31. The van der Waals surface area contributed by atoms with Gasteiger partial charge in [0.25, 0.3) is 0 Å². The number of thiazole rings is 1. The number of benzene rings is 1. The Morgan fingerprint density at radius 2 is 2.00 bits per heavy atom. The summed E-state index contributed by atoms with van der Waals surface area (Å²) in [6.07, 6.45) is 2.93. The van der Waals surface area contributed by atoms with E-state index in [2.05, 4.69) is 27.5 Å². The highest BCUT2D eigenvalue weighted by atomic mass is 32.1. The number of guanidine groups is 1. The molecular formula is C17H24N4O2S. The van der Waals surface area contributed by atoms with Gasteiger partial charge in [0.2, 0.25) is 0 Å². The van der Waals surface area contributed by atoms with Crippen molar-refractivity contribution in [2.45, 2.75) is 26.8 Å². The number of methoxy groups -OCH3 is 2. The maximum Gasteiger partial charge on any atom is 0.196 e. The van der Waals surface area contributed by atoms with Crippen LogP contribution in [0.15, 0.2) is 29.4 Å². The van der Waals surface area contributed by atoms with Gasteiger partial charge in [-0.05, 0) is 25.5 Å². The zero-order valence-electron chi connectivity index (χ0n) is 14.5. The van der Waals surface area contributed by atoms with Gasteiger partial charge in [-0.25, -0.2) is 9.98 Å². The smallest absolute Gasteiger partial charge is 0.196 e. The van der Waals surface area contributed by atoms with Crippen molar-refractivity contribution in [3.8, 4) is 11.5 Å². The Morgan fingerprint density at radius 1 is 1.21 bits per heavy atom. The average Bonchev–Trinajstić information content (AvgIpc) is 3.08. The van der Waals surface area contributed by atoms with Crippen LogP contribution in [0, 0.1) is 0 Å². The minimum Gasteiger partial charge on any atom is -0.493 e. The summed E-state index contributed by atoms with van der Waals surface area (Å²) in [7, 11) is 3.24. The van der Waals surface area contributed by atoms with E-state index in [9.17, 15) is 0 Å². The molecule has 2 aromatic rings. The second-order valence-corrected chi connectivity index (χ2v) is 6.16. The third-order valence-corrected chi connectivity index (χ3v) is 4.44. The molecule has 0 spiro atoms. The molecule has 0 saturated heterocycles. The van der Waals surface area contributed by atoms with Crippen LogP contribution in [0.2, 0.25) is 0 Å². The zero-order valence-corrected chi connectivity index (χ0v) is 15.4. The van der Waals surface area contributed by atoms with Gasteiger partial charge in [0.05, 0.1) is 20.8 Å². The van der Waals surface area contributed by atoms with Gasteiger partial charge in [0.15, 0.2) is 17.5 Å². The molecule has 2 rings (SSSR count). The third kappa shape index (κ3) is 4.86. The quantitative estimate of drug-likeness (QED) is 0.593. The summed E-state index contributed by atoms with van der Waals surface area (Å²) < 4.78 is 10.6. The lowest BCUT2D eigenvalue weighted by Crippen LogP contribution is -2.30. The highest BCUT2D eigenvalue weighted by Crippen LogP contribution is 2.29. The maximum absolute atomic E-state index is 5.33. The molecular weight excluding hydrogens is 324 g/mol. The number of anilines is 1. The molecule has 0 radical (unpaired) electrons. The van der Waals surface area contributed by atoms with E-state index in [1.165, 1.54) is 4.88 Å². The molecule has 24 heavy (non-hydrogen) atoms. The molecule has 6 nitrogen and oxygen atoms in total. The molecule has 0 aliphatic heterocycles. The molecule has 1 aromatic carbocycles. The van der Waals surface area contributed by atoms with E-state index in [-0.39, 0.29) is 0 Å². The number of nitrogens with one attached hydrogen (secondary N) is 2. The van der Waals surface area contributed by atoms with E-state index in [1.807, 2.05) is 31.3 Å². The normalized spacial score (nSPS) is 11.2. The van der Waals surface area contributed by atoms with Crippen LogP contribution in [-0.2, 0) is 13.0 Å². The van der Waals surface area contributed by atoms with Crippen LogP contribution in [0.4, 0.5) is 5.69 Å². The summed E-state index contributed by atoms with van der Waals surface area (Å²) in [5, 5.41) is 7.52. The Labute approximate surface area is 146 Å². The van der Waals surface area contributed by atoms with Gasteiger partial charge in [0, 0.05) is 29.4 Å². The molecule has 0 aliphatic carbocycles. The van der Waals surface area contributed by atoms with Crippen LogP contribution in [0.25, 0.3) is 0 Å². The van der Waals surface area contributed by atoms with Crippen LogP contribution in [0.1, 0.15) is 23.7 Å². The van der Waals surface area contributed by atoms with Crippen molar-refractivity contribution in [3.63, 3.8) is 0 Å². The van der Waals surface area contributed by atoms with Crippen molar-refractivity contribution in [1.82, 2.24) is 10.3 Å². The second kappa shape index (κ2) is 9.12. The van der Waals surface area contributed by atoms with Gasteiger partial charge in [-0.1, -0.05) is 6.92 Å². The van der Waals surface area contributed by atoms with Gasteiger partial charge in [-0.15, -0.1) is 11.3 Å². The largest absolute Gasteiger partial charge is 0.493 e. The van der Waals surface area contributed by atoms with Gasteiger partial charge in [-0.2, -0.15) is 0 Å². The highest BCUT2D eigenvalue weighted by molar-refractivity contribution is 7.11. The molecule has 1 aromatic heterocycles. The fraction of sp³-hybridized carbons (Fsp3) is 0.412. The first-order chi connectivity index (χ1) is 11.7. The van der Waals surface area contributed by atoms with Crippen molar-refractivity contribution in [2.24, 2.45) is 4.99 Å². The molecule has 0 aliphatic rings. The molecule has 0 atom stereocenters. The Kier molecular flexibility index (Phi) is 6.87. The molecule has 0 bridgehead atoms. The number of hydrogen-bond acceptors (Lipinski definition) is 5. The number of ether oxygens (including phenoxy) is 2. The SMILES string of the molecule is CCNC(=NCc1ncc(CC)s1)Nc1ccc(OC)c(OC)c1. The van der Waals surface area contributed by atoms with Gasteiger partial charge < -0.3 is 20.1 Å². The lowest BCUT2D eigenvalue weighted by atomic mass is 10.3. The highest BCUT2D eigenvalue weighted by Gasteiger charge is 2.07. The van der Waals surface area contributed by atoms with E-state index in [0.717, 1.165) is 23.7 Å². The summed E-state index contributed by atoms with van der Waals surface area (Å²) in [4.78, 5) is 10.3. The lowest BCUT2D eigenvalue weighted by Gasteiger charge is -2.13. The first-order valence-corrected chi connectivity index (χ1v) is 8.72. The molecule has 0 amide bonds. The van der Waals surface area contributed by atoms with E-state index in [1.54, 1.807) is 25.6 Å². The number of hydrogen-bond donors (Lipinski definition) is 2. The molecule has 7 heteroatoms. The molecule has 130 valence electrons. The van der Waals surface area contributed by atoms with Gasteiger partial charge in [0.1, 0.15) is 5.01 Å². The summed E-state index contributed by atoms with van der Waals surface area (Å²) in [6, 6.07) is 5.66. The topological polar surface area (TPSA) is 67.8 Å². The van der Waals surface area contributed by atoms with Crippen LogP contribution in [0.5, 0.6) is 11.5 Å². The Bertz CT molecular complexity index is 685. The Hall–Kier alpha value is -2.28. The van der Waals surface area contributed by atoms with Gasteiger partial charge in [-0.3, -0.25) is 0 Å². The van der Waals surface area contributed by atoms with Crippen molar-refractivity contribution in [1.29, 1.82) is 0 Å². The summed E-state index contributed by atoms with van der Waals surface area (Å²) in [5.41, 5.74) is 0.876. The standard InChI is InChI=1S/C17H24N4O2S/c1-5-13-10-19-16(24-13)11-20-17(18-6-2)21-12-7-8-14(22-3)15(9-12)23-4/h7-10H,5-6,11H2,1-4H3,(H2,18,20,21). The van der Waals surface area contributed by atoms with Crippen molar-refractivity contribution < 1.29 is 9.47 Å². The molecule has 1 heterocycles. The first kappa shape index (κ1) is 18.1. The van der Waals surface area contributed by atoms with Crippen LogP contribution < -0.4 is 20.1 Å². The van der Waals surface area contributed by atoms with E-state index in [0.29, 0.717) is 24.0 Å². The molecule has 2 N–H and O–H groups in total. The minimum atomic E-state index is 0.549. The van der Waals surface area contributed by atoms with Crippen molar-refractivity contribution >= 4 is 23.0 Å². The maximum atomic E-state index is 5.33. The minimum absolute atomic E-state index is 0.549. The van der Waals surface area contributed by atoms with Gasteiger partial charge >= 0.3 is 0 Å². The monoisotopic (exact) mass is 348 g/mol. The van der Waals surface area contributed by atoms with Crippen molar-refractivity contribution in [2.75, 3.05) is 26.1 Å². The predicted octanol–water partition coefficient (Wildman–Crippen LogP) is 3.30. The Morgan fingerprint density at radius 3 is 2.62 bits per heavy atom. The lowest BCUT2D eigenvalue weighted by molar-refractivity contribution is 0.355. The number of nitrogens with zero attached hydrogens (tertiary/aromatic N) is 2. The fourth-order valence-electron chi connectivity index (χ4n) is 2.09. The molecule has 0 fully saturated rings. The van der Waals surface area contributed by atoms with E-state index < -0.39 is 0 Å². The number of aliphatic imine (C=N–C) groups is 1. The first-order valence-electron chi connectivity index (χ1n) is 7.91. The van der Waals surface area contributed by atoms with Crippen LogP contribution in [0.3, 0.4) is 0 Å². The van der Waals surface area contributed by atoms with E-state index in [4.69, 9.17) is 9.47 Å². The van der Waals surface area contributed by atoms with E-state index >= 15 is 0 Å². The molecule has 0 unspecified atom stereocenters. The summed E-state index contributed by atoms with van der Waals surface area (Å²) in [5.74, 6) is 2.07. The second-order valence-electron chi connectivity index (χ2n) is 4.96. The number of aromatic nitrogens is 1. The predicted molar refractivity (Wildman–Crippen MR) is 99.5 cm³/mol. The fourth-order valence-corrected chi connectivity index (χ4v) is 2.88. The zero-order chi connectivity index (χ0) is 17.4. The summed E-state index contributed by atoms with van der Waals surface area (Å²) in [6.45, 7) is 5.48. The molecule has 0 saturated carbocycles. The number of rotatable bonds is 7.